The van der Waals surface area contributed by atoms with E-state index in [4.69, 9.17) is 0 Å². The lowest BCUT2D eigenvalue weighted by Crippen LogP contribution is -2.13. The third-order valence-corrected chi connectivity index (χ3v) is 8.03. The molecule has 1 aromatic carbocycles. The number of carbonyl (C=O) groups is 1. The Balaban J connectivity index is 1.30. The standard InChI is InChI=1S/C21H21N5OS3/c22-11-16-15-9-5-2-6-10-17(15)29-19(16)24-18(27)13-28-21-26-25-20(30-21)23-12-14-7-3-1-4-8-14/h1,3-4,7-8H,2,5-6,9-10,12-13H2,(H,23,25)(H,24,27). The SMILES string of the molecule is N#Cc1c(NC(=O)CSc2nnc(NCc3ccccc3)s2)sc2c1CCCCC2. The van der Waals surface area contributed by atoms with E-state index in [0.29, 0.717) is 17.1 Å². The first kappa shape index (κ1) is 20.8. The van der Waals surface area contributed by atoms with Crippen molar-refractivity contribution in [2.75, 3.05) is 16.4 Å². The summed E-state index contributed by atoms with van der Waals surface area (Å²) in [6.07, 6.45) is 5.40. The van der Waals surface area contributed by atoms with Gasteiger partial charge in [0.1, 0.15) is 11.1 Å². The zero-order chi connectivity index (χ0) is 20.8. The molecule has 2 aromatic heterocycles. The number of thioether (sulfide) groups is 1. The second-order valence-electron chi connectivity index (χ2n) is 6.93. The van der Waals surface area contributed by atoms with E-state index in [9.17, 15) is 10.1 Å². The number of amides is 1. The maximum atomic E-state index is 12.5. The van der Waals surface area contributed by atoms with Crippen LogP contribution in [0.1, 0.15) is 40.8 Å². The van der Waals surface area contributed by atoms with Crippen molar-refractivity contribution in [3.05, 3.63) is 51.9 Å². The molecule has 0 fully saturated rings. The number of nitriles is 1. The molecule has 0 aliphatic heterocycles. The highest BCUT2D eigenvalue weighted by molar-refractivity contribution is 8.01. The highest BCUT2D eigenvalue weighted by Crippen LogP contribution is 2.37. The maximum absolute atomic E-state index is 12.5. The Labute approximate surface area is 187 Å². The number of nitrogens with zero attached hydrogens (tertiary/aromatic N) is 3. The zero-order valence-corrected chi connectivity index (χ0v) is 18.8. The summed E-state index contributed by atoms with van der Waals surface area (Å²) < 4.78 is 0.739. The molecule has 154 valence electrons. The smallest absolute Gasteiger partial charge is 0.235 e. The molecule has 0 bridgehead atoms. The number of aromatic nitrogens is 2. The minimum Gasteiger partial charge on any atom is -0.356 e. The van der Waals surface area contributed by atoms with Crippen molar-refractivity contribution in [3.8, 4) is 6.07 Å². The van der Waals surface area contributed by atoms with Crippen LogP contribution in [-0.2, 0) is 24.2 Å². The Morgan fingerprint density at radius 2 is 1.97 bits per heavy atom. The van der Waals surface area contributed by atoms with Gasteiger partial charge < -0.3 is 10.6 Å². The number of anilines is 2. The minimum absolute atomic E-state index is 0.123. The first-order chi connectivity index (χ1) is 14.7. The molecule has 2 N–H and O–H groups in total. The highest BCUT2D eigenvalue weighted by Gasteiger charge is 2.21. The predicted molar refractivity (Wildman–Crippen MR) is 123 cm³/mol. The van der Waals surface area contributed by atoms with Crippen LogP contribution in [0.3, 0.4) is 0 Å². The Morgan fingerprint density at radius 3 is 2.80 bits per heavy atom. The van der Waals surface area contributed by atoms with Gasteiger partial charge in [-0.3, -0.25) is 4.79 Å². The predicted octanol–water partition coefficient (Wildman–Crippen LogP) is 5.08. The fraction of sp³-hybridized carbons (Fsp3) is 0.333. The molecule has 6 nitrogen and oxygen atoms in total. The summed E-state index contributed by atoms with van der Waals surface area (Å²) in [4.78, 5) is 13.7. The molecule has 0 atom stereocenters. The zero-order valence-electron chi connectivity index (χ0n) is 16.3. The minimum atomic E-state index is -0.123. The first-order valence-corrected chi connectivity index (χ1v) is 12.4. The van der Waals surface area contributed by atoms with Crippen LogP contribution in [0.25, 0.3) is 0 Å². The van der Waals surface area contributed by atoms with Gasteiger partial charge in [0.05, 0.1) is 11.3 Å². The Morgan fingerprint density at radius 1 is 1.13 bits per heavy atom. The van der Waals surface area contributed by atoms with Gasteiger partial charge in [-0.05, 0) is 36.8 Å². The monoisotopic (exact) mass is 455 g/mol. The van der Waals surface area contributed by atoms with E-state index in [1.165, 1.54) is 40.0 Å². The van der Waals surface area contributed by atoms with Crippen LogP contribution in [0, 0.1) is 11.3 Å². The van der Waals surface area contributed by atoms with Crippen LogP contribution >= 0.6 is 34.4 Å². The van der Waals surface area contributed by atoms with Gasteiger partial charge in [-0.15, -0.1) is 21.5 Å². The number of nitrogens with one attached hydrogen (secondary N) is 2. The van der Waals surface area contributed by atoms with Crippen LogP contribution in [0.2, 0.25) is 0 Å². The van der Waals surface area contributed by atoms with Crippen molar-refractivity contribution in [2.45, 2.75) is 43.0 Å². The Kier molecular flexibility index (Phi) is 7.00. The van der Waals surface area contributed by atoms with E-state index >= 15 is 0 Å². The highest BCUT2D eigenvalue weighted by atomic mass is 32.2. The van der Waals surface area contributed by atoms with Crippen LogP contribution in [0.15, 0.2) is 34.7 Å². The molecular formula is C21H21N5OS3. The summed E-state index contributed by atoms with van der Waals surface area (Å²) in [6, 6.07) is 12.4. The lowest BCUT2D eigenvalue weighted by molar-refractivity contribution is -0.113. The molecule has 0 unspecified atom stereocenters. The number of aryl methyl sites for hydroxylation is 1. The molecule has 3 aromatic rings. The normalized spacial score (nSPS) is 13.2. The molecule has 1 aliphatic carbocycles. The summed E-state index contributed by atoms with van der Waals surface area (Å²) in [5.41, 5.74) is 2.96. The third kappa shape index (κ3) is 5.19. The lowest BCUT2D eigenvalue weighted by atomic mass is 10.1. The van der Waals surface area contributed by atoms with Gasteiger partial charge >= 0.3 is 0 Å². The van der Waals surface area contributed by atoms with Gasteiger partial charge in [-0.1, -0.05) is 59.9 Å². The number of hydrogen-bond acceptors (Lipinski definition) is 8. The van der Waals surface area contributed by atoms with Crippen LogP contribution in [-0.4, -0.2) is 21.9 Å². The summed E-state index contributed by atoms with van der Waals surface area (Å²) in [7, 11) is 0. The van der Waals surface area contributed by atoms with E-state index in [1.54, 1.807) is 11.3 Å². The quantitative estimate of drug-likeness (QED) is 0.381. The number of rotatable bonds is 7. The van der Waals surface area contributed by atoms with Crippen molar-refractivity contribution in [1.29, 1.82) is 5.26 Å². The average molecular weight is 456 g/mol. The molecule has 0 radical (unpaired) electrons. The van der Waals surface area contributed by atoms with Crippen molar-refractivity contribution in [3.63, 3.8) is 0 Å². The Bertz CT molecular complexity index is 1050. The van der Waals surface area contributed by atoms with E-state index < -0.39 is 0 Å². The molecule has 0 spiro atoms. The molecule has 1 aliphatic rings. The number of benzene rings is 1. The van der Waals surface area contributed by atoms with E-state index in [0.717, 1.165) is 40.7 Å². The van der Waals surface area contributed by atoms with E-state index in [1.807, 2.05) is 30.3 Å². The van der Waals surface area contributed by atoms with Crippen molar-refractivity contribution >= 4 is 50.5 Å². The molecule has 30 heavy (non-hydrogen) atoms. The molecule has 2 heterocycles. The lowest BCUT2D eigenvalue weighted by Gasteiger charge is -2.03. The summed E-state index contributed by atoms with van der Waals surface area (Å²) >= 11 is 4.35. The Hall–Kier alpha value is -2.41. The molecule has 1 amide bonds. The van der Waals surface area contributed by atoms with Gasteiger partial charge in [0, 0.05) is 11.4 Å². The van der Waals surface area contributed by atoms with E-state index in [-0.39, 0.29) is 11.7 Å². The summed E-state index contributed by atoms with van der Waals surface area (Å²) in [5, 5.41) is 25.5. The van der Waals surface area contributed by atoms with Crippen molar-refractivity contribution < 1.29 is 4.79 Å². The van der Waals surface area contributed by atoms with Crippen LogP contribution in [0.5, 0.6) is 0 Å². The first-order valence-electron chi connectivity index (χ1n) is 9.81. The number of hydrogen-bond donors (Lipinski definition) is 2. The summed E-state index contributed by atoms with van der Waals surface area (Å²) in [6.45, 7) is 0.681. The van der Waals surface area contributed by atoms with Crippen LogP contribution in [0.4, 0.5) is 10.1 Å². The van der Waals surface area contributed by atoms with Gasteiger partial charge in [-0.2, -0.15) is 5.26 Å². The number of thiophene rings is 1. The van der Waals surface area contributed by atoms with Crippen molar-refractivity contribution in [1.82, 2.24) is 10.2 Å². The molecule has 9 heteroatoms. The van der Waals surface area contributed by atoms with Gasteiger partial charge in [0.25, 0.3) is 0 Å². The van der Waals surface area contributed by atoms with E-state index in [2.05, 4.69) is 26.9 Å². The third-order valence-electron chi connectivity index (χ3n) is 4.81. The topological polar surface area (TPSA) is 90.7 Å². The second kappa shape index (κ2) is 10.1. The van der Waals surface area contributed by atoms with Gasteiger partial charge in [0.2, 0.25) is 11.0 Å². The molecule has 0 saturated heterocycles. The average Bonchev–Trinajstić information content (AvgIpc) is 3.28. The number of fused-ring (bicyclic) bond motifs is 1. The molecule has 0 saturated carbocycles. The number of carbonyl (C=O) groups excluding carboxylic acids is 1. The van der Waals surface area contributed by atoms with Gasteiger partial charge in [-0.25, -0.2) is 0 Å². The maximum Gasteiger partial charge on any atom is 0.235 e. The summed E-state index contributed by atoms with van der Waals surface area (Å²) in [5.74, 6) is 0.114. The van der Waals surface area contributed by atoms with Crippen molar-refractivity contribution in [2.24, 2.45) is 0 Å². The second-order valence-corrected chi connectivity index (χ2v) is 10.2. The fourth-order valence-corrected chi connectivity index (χ4v) is 6.16. The molecular weight excluding hydrogens is 434 g/mol. The fourth-order valence-electron chi connectivity index (χ4n) is 3.35. The molecule has 4 rings (SSSR count). The largest absolute Gasteiger partial charge is 0.356 e. The van der Waals surface area contributed by atoms with Gasteiger partial charge in [0.15, 0.2) is 4.34 Å². The van der Waals surface area contributed by atoms with Crippen LogP contribution < -0.4 is 10.6 Å².